The third-order valence-corrected chi connectivity index (χ3v) is 4.77. The van der Waals surface area contributed by atoms with E-state index in [0.29, 0.717) is 0 Å². The highest BCUT2D eigenvalue weighted by Gasteiger charge is 2.24. The van der Waals surface area contributed by atoms with Gasteiger partial charge in [0.15, 0.2) is 0 Å². The third-order valence-electron chi connectivity index (χ3n) is 4.59. The Morgan fingerprint density at radius 1 is 1.14 bits per heavy atom. The highest BCUT2D eigenvalue weighted by molar-refractivity contribution is 6.28. The number of amides is 1. The Bertz CT molecular complexity index is 826. The molecule has 1 heterocycles. The zero-order valence-electron chi connectivity index (χ0n) is 15.1. The van der Waals surface area contributed by atoms with Crippen LogP contribution in [0, 0.1) is 0 Å². The lowest BCUT2D eigenvalue weighted by Gasteiger charge is -2.30. The molecule has 1 aliphatic rings. The monoisotopic (exact) mass is 404 g/mol. The van der Waals surface area contributed by atoms with Crippen molar-refractivity contribution in [3.63, 3.8) is 0 Å². The number of aromatic carboxylic acids is 1. The zero-order valence-corrected chi connectivity index (χ0v) is 15.9. The molecule has 28 heavy (non-hydrogen) atoms. The molecule has 1 aromatic carbocycles. The predicted molar refractivity (Wildman–Crippen MR) is 103 cm³/mol. The Balaban J connectivity index is 1.45. The number of hydrogen-bond donors (Lipinski definition) is 3. The van der Waals surface area contributed by atoms with Gasteiger partial charge in [0, 0.05) is 18.3 Å². The summed E-state index contributed by atoms with van der Waals surface area (Å²) in [6.45, 7) is 0.232. The molecular formula is C19H21ClN4O4. The first-order chi connectivity index (χ1) is 13.5. The minimum Gasteiger partial charge on any atom is -0.477 e. The lowest BCUT2D eigenvalue weighted by atomic mass is 9.91. The molecule has 8 nitrogen and oxygen atoms in total. The summed E-state index contributed by atoms with van der Waals surface area (Å²) in [7, 11) is 0. The van der Waals surface area contributed by atoms with Gasteiger partial charge in [-0.05, 0) is 42.8 Å². The SMILES string of the molecule is O=C(N[C@H]1CC[C@@H](Nc2nc(Cl)ncc2C(=O)O)CC1)OCc1ccccc1. The lowest BCUT2D eigenvalue weighted by Crippen LogP contribution is -2.40. The average molecular weight is 405 g/mol. The molecule has 2 aromatic rings. The zero-order chi connectivity index (χ0) is 19.9. The molecule has 0 radical (unpaired) electrons. The second kappa shape index (κ2) is 9.36. The number of carboxylic acid groups (broad SMARTS) is 1. The number of nitrogens with zero attached hydrogens (tertiary/aromatic N) is 2. The lowest BCUT2D eigenvalue weighted by molar-refractivity contribution is 0.0697. The molecule has 3 N–H and O–H groups in total. The summed E-state index contributed by atoms with van der Waals surface area (Å²) < 4.78 is 5.25. The van der Waals surface area contributed by atoms with Crippen molar-refractivity contribution in [3.8, 4) is 0 Å². The van der Waals surface area contributed by atoms with Crippen LogP contribution < -0.4 is 10.6 Å². The van der Waals surface area contributed by atoms with Crippen LogP contribution in [-0.4, -0.2) is 39.2 Å². The molecule has 0 spiro atoms. The molecular weight excluding hydrogens is 384 g/mol. The minimum atomic E-state index is -1.12. The van der Waals surface area contributed by atoms with Crippen molar-refractivity contribution in [2.24, 2.45) is 0 Å². The normalized spacial score (nSPS) is 18.9. The van der Waals surface area contributed by atoms with Gasteiger partial charge in [0.2, 0.25) is 5.28 Å². The van der Waals surface area contributed by atoms with Crippen LogP contribution in [0.5, 0.6) is 0 Å². The van der Waals surface area contributed by atoms with Crippen molar-refractivity contribution >= 4 is 29.5 Å². The fourth-order valence-electron chi connectivity index (χ4n) is 3.13. The minimum absolute atomic E-state index is 0.0102. The number of carbonyl (C=O) groups excluding carboxylic acids is 1. The molecule has 148 valence electrons. The maximum absolute atomic E-state index is 12.0. The van der Waals surface area contributed by atoms with Gasteiger partial charge >= 0.3 is 12.1 Å². The van der Waals surface area contributed by atoms with E-state index in [0.717, 1.165) is 31.2 Å². The highest BCUT2D eigenvalue weighted by Crippen LogP contribution is 2.24. The van der Waals surface area contributed by atoms with Crippen LogP contribution in [0.3, 0.4) is 0 Å². The van der Waals surface area contributed by atoms with Crippen LogP contribution in [0.1, 0.15) is 41.6 Å². The van der Waals surface area contributed by atoms with Gasteiger partial charge in [0.1, 0.15) is 18.0 Å². The van der Waals surface area contributed by atoms with Crippen LogP contribution in [0.25, 0.3) is 0 Å². The first kappa shape index (κ1) is 19.9. The van der Waals surface area contributed by atoms with E-state index < -0.39 is 12.1 Å². The largest absolute Gasteiger partial charge is 0.477 e. The first-order valence-corrected chi connectivity index (χ1v) is 9.38. The van der Waals surface area contributed by atoms with Crippen molar-refractivity contribution in [2.45, 2.75) is 44.4 Å². The summed E-state index contributed by atoms with van der Waals surface area (Å²) in [4.78, 5) is 30.9. The summed E-state index contributed by atoms with van der Waals surface area (Å²) in [6, 6.07) is 9.56. The summed E-state index contributed by atoms with van der Waals surface area (Å²) in [5, 5.41) is 15.2. The maximum atomic E-state index is 12.0. The number of hydrogen-bond acceptors (Lipinski definition) is 6. The summed E-state index contributed by atoms with van der Waals surface area (Å²) >= 11 is 5.78. The Labute approximate surface area is 167 Å². The number of nitrogens with one attached hydrogen (secondary N) is 2. The molecule has 1 aliphatic carbocycles. The maximum Gasteiger partial charge on any atom is 0.407 e. The van der Waals surface area contributed by atoms with Crippen molar-refractivity contribution in [3.05, 3.63) is 52.9 Å². The number of rotatable bonds is 6. The second-order valence-electron chi connectivity index (χ2n) is 6.61. The predicted octanol–water partition coefficient (Wildman–Crippen LogP) is 3.48. The molecule has 1 amide bonds. The number of benzene rings is 1. The average Bonchev–Trinajstić information content (AvgIpc) is 2.68. The molecule has 9 heteroatoms. The van der Waals surface area contributed by atoms with Crippen LogP contribution in [0.4, 0.5) is 10.6 Å². The van der Waals surface area contributed by atoms with Gasteiger partial charge in [0.25, 0.3) is 0 Å². The second-order valence-corrected chi connectivity index (χ2v) is 6.94. The molecule has 3 rings (SSSR count). The van der Waals surface area contributed by atoms with Gasteiger partial charge < -0.3 is 20.5 Å². The standard InChI is InChI=1S/C19H21ClN4O4/c20-18-21-10-15(17(25)26)16(24-18)22-13-6-8-14(9-7-13)23-19(27)28-11-12-4-2-1-3-5-12/h1-5,10,13-14H,6-9,11H2,(H,23,27)(H,25,26)(H,21,22,24)/t13-,14+. The van der Waals surface area contributed by atoms with E-state index in [1.54, 1.807) is 0 Å². The molecule has 1 fully saturated rings. The molecule has 1 aromatic heterocycles. The van der Waals surface area contributed by atoms with E-state index in [1.807, 2.05) is 30.3 Å². The van der Waals surface area contributed by atoms with Gasteiger partial charge in [-0.1, -0.05) is 30.3 Å². The number of alkyl carbamates (subject to hydrolysis) is 1. The Kier molecular flexibility index (Phi) is 6.65. The Morgan fingerprint density at radius 2 is 1.82 bits per heavy atom. The van der Waals surface area contributed by atoms with Crippen molar-refractivity contribution in [1.82, 2.24) is 15.3 Å². The van der Waals surface area contributed by atoms with Crippen LogP contribution in [-0.2, 0) is 11.3 Å². The number of aromatic nitrogens is 2. The van der Waals surface area contributed by atoms with E-state index in [2.05, 4.69) is 20.6 Å². The van der Waals surface area contributed by atoms with E-state index >= 15 is 0 Å². The third kappa shape index (κ3) is 5.56. The van der Waals surface area contributed by atoms with Crippen LogP contribution >= 0.6 is 11.6 Å². The Morgan fingerprint density at radius 3 is 2.50 bits per heavy atom. The first-order valence-electron chi connectivity index (χ1n) is 9.01. The number of carboxylic acids is 1. The molecule has 0 saturated heterocycles. The van der Waals surface area contributed by atoms with E-state index in [-0.39, 0.29) is 35.4 Å². The number of carbonyl (C=O) groups is 2. The molecule has 1 saturated carbocycles. The molecule has 0 unspecified atom stereocenters. The van der Waals surface area contributed by atoms with Gasteiger partial charge in [-0.15, -0.1) is 0 Å². The fraction of sp³-hybridized carbons (Fsp3) is 0.368. The molecule has 0 bridgehead atoms. The summed E-state index contributed by atoms with van der Waals surface area (Å²) in [5.74, 6) is -0.901. The topological polar surface area (TPSA) is 113 Å². The van der Waals surface area contributed by atoms with Crippen LogP contribution in [0.2, 0.25) is 5.28 Å². The number of ether oxygens (including phenoxy) is 1. The Hall–Kier alpha value is -2.87. The van der Waals surface area contributed by atoms with Crippen molar-refractivity contribution < 1.29 is 19.4 Å². The van der Waals surface area contributed by atoms with Crippen molar-refractivity contribution in [1.29, 1.82) is 0 Å². The molecule has 0 aliphatic heterocycles. The smallest absolute Gasteiger partial charge is 0.407 e. The van der Waals surface area contributed by atoms with E-state index in [4.69, 9.17) is 16.3 Å². The van der Waals surface area contributed by atoms with Gasteiger partial charge in [0.05, 0.1) is 0 Å². The van der Waals surface area contributed by atoms with Crippen molar-refractivity contribution in [2.75, 3.05) is 5.32 Å². The summed E-state index contributed by atoms with van der Waals surface area (Å²) in [5.41, 5.74) is 0.914. The van der Waals surface area contributed by atoms with E-state index in [1.165, 1.54) is 6.20 Å². The summed E-state index contributed by atoms with van der Waals surface area (Å²) in [6.07, 6.45) is 3.76. The van der Waals surface area contributed by atoms with E-state index in [9.17, 15) is 14.7 Å². The quantitative estimate of drug-likeness (QED) is 0.631. The van der Waals surface area contributed by atoms with Crippen LogP contribution in [0.15, 0.2) is 36.5 Å². The molecule has 0 atom stereocenters. The van der Waals surface area contributed by atoms with Gasteiger partial charge in [-0.25, -0.2) is 14.6 Å². The highest BCUT2D eigenvalue weighted by atomic mass is 35.5. The number of halogens is 1. The van der Waals surface area contributed by atoms with Gasteiger partial charge in [-0.3, -0.25) is 0 Å². The number of anilines is 1. The van der Waals surface area contributed by atoms with Gasteiger partial charge in [-0.2, -0.15) is 4.98 Å². The fourth-order valence-corrected chi connectivity index (χ4v) is 3.27.